The van der Waals surface area contributed by atoms with E-state index in [1.54, 1.807) is 0 Å². The van der Waals surface area contributed by atoms with Gasteiger partial charge in [0.1, 0.15) is 0 Å². The van der Waals surface area contributed by atoms with E-state index in [2.05, 4.69) is 12.2 Å². The highest BCUT2D eigenvalue weighted by Crippen LogP contribution is 2.23. The zero-order valence-electron chi connectivity index (χ0n) is 10.5. The van der Waals surface area contributed by atoms with Crippen molar-refractivity contribution in [3.8, 4) is 0 Å². The Labute approximate surface area is 98.9 Å². The summed E-state index contributed by atoms with van der Waals surface area (Å²) in [6, 6.07) is 0. The standard InChI is InChI=1S/C13H25NO2/c1-13(7-4-10-16-13)11-14-8-2-5-12-6-3-9-15-12/h12,14H,2-11H2,1H3. The molecule has 2 aliphatic rings. The predicted octanol–water partition coefficient (Wildman–Crippen LogP) is 2.10. The first-order valence-corrected chi connectivity index (χ1v) is 6.75. The Morgan fingerprint density at radius 3 is 2.94 bits per heavy atom. The van der Waals surface area contributed by atoms with Gasteiger partial charge in [0.05, 0.1) is 11.7 Å². The Morgan fingerprint density at radius 2 is 2.25 bits per heavy atom. The van der Waals surface area contributed by atoms with Crippen LogP contribution in [0, 0.1) is 0 Å². The fourth-order valence-electron chi connectivity index (χ4n) is 2.66. The number of ether oxygens (including phenoxy) is 2. The zero-order chi connectivity index (χ0) is 11.3. The molecule has 1 N–H and O–H groups in total. The Morgan fingerprint density at radius 1 is 1.31 bits per heavy atom. The molecule has 2 atom stereocenters. The third kappa shape index (κ3) is 3.72. The fraction of sp³-hybridized carbons (Fsp3) is 1.00. The van der Waals surface area contributed by atoms with Crippen LogP contribution in [0.1, 0.15) is 45.4 Å². The molecule has 2 heterocycles. The van der Waals surface area contributed by atoms with Gasteiger partial charge >= 0.3 is 0 Å². The van der Waals surface area contributed by atoms with Gasteiger partial charge in [0.2, 0.25) is 0 Å². The maximum Gasteiger partial charge on any atom is 0.0779 e. The van der Waals surface area contributed by atoms with Crippen molar-refractivity contribution in [2.45, 2.75) is 57.2 Å². The molecular formula is C13H25NO2. The minimum Gasteiger partial charge on any atom is -0.378 e. The molecule has 0 spiro atoms. The first kappa shape index (κ1) is 12.3. The van der Waals surface area contributed by atoms with Crippen LogP contribution < -0.4 is 5.32 Å². The summed E-state index contributed by atoms with van der Waals surface area (Å²) >= 11 is 0. The van der Waals surface area contributed by atoms with Crippen LogP contribution in [0.2, 0.25) is 0 Å². The Bertz CT molecular complexity index is 196. The molecule has 0 amide bonds. The third-order valence-corrected chi connectivity index (χ3v) is 3.70. The van der Waals surface area contributed by atoms with Gasteiger partial charge in [0, 0.05) is 19.8 Å². The summed E-state index contributed by atoms with van der Waals surface area (Å²) in [6.45, 7) is 6.22. The number of rotatable bonds is 6. The molecule has 2 rings (SSSR count). The second kappa shape index (κ2) is 5.99. The molecule has 2 saturated heterocycles. The highest BCUT2D eigenvalue weighted by Gasteiger charge is 2.28. The Balaban J connectivity index is 1.48. The average Bonchev–Trinajstić information content (AvgIpc) is 2.89. The van der Waals surface area contributed by atoms with Crippen LogP contribution in [0.25, 0.3) is 0 Å². The van der Waals surface area contributed by atoms with Crippen molar-refractivity contribution in [2.24, 2.45) is 0 Å². The lowest BCUT2D eigenvalue weighted by atomic mass is 10.0. The first-order valence-electron chi connectivity index (χ1n) is 6.75. The van der Waals surface area contributed by atoms with E-state index in [0.717, 1.165) is 26.3 Å². The van der Waals surface area contributed by atoms with Gasteiger partial charge in [-0.15, -0.1) is 0 Å². The number of nitrogens with one attached hydrogen (secondary N) is 1. The summed E-state index contributed by atoms with van der Waals surface area (Å²) in [5, 5.41) is 3.51. The molecule has 2 unspecified atom stereocenters. The summed E-state index contributed by atoms with van der Waals surface area (Å²) in [6.07, 6.45) is 7.91. The van der Waals surface area contributed by atoms with Crippen molar-refractivity contribution in [1.82, 2.24) is 5.32 Å². The summed E-state index contributed by atoms with van der Waals surface area (Å²) in [5.41, 5.74) is 0.101. The Hall–Kier alpha value is -0.120. The lowest BCUT2D eigenvalue weighted by Gasteiger charge is -2.23. The largest absolute Gasteiger partial charge is 0.378 e. The maximum absolute atomic E-state index is 5.73. The SMILES string of the molecule is CC1(CNCCCC2CCCO2)CCCO1. The molecule has 0 aliphatic carbocycles. The summed E-state index contributed by atoms with van der Waals surface area (Å²) in [5.74, 6) is 0. The molecule has 0 aromatic carbocycles. The molecule has 3 heteroatoms. The second-order valence-electron chi connectivity index (χ2n) is 5.36. The summed E-state index contributed by atoms with van der Waals surface area (Å²) in [4.78, 5) is 0. The van der Waals surface area contributed by atoms with E-state index in [-0.39, 0.29) is 5.60 Å². The molecule has 0 aromatic rings. The molecule has 16 heavy (non-hydrogen) atoms. The zero-order valence-corrected chi connectivity index (χ0v) is 10.5. The van der Waals surface area contributed by atoms with Crippen LogP contribution in [-0.4, -0.2) is 38.0 Å². The minimum atomic E-state index is 0.101. The van der Waals surface area contributed by atoms with Crippen molar-refractivity contribution in [2.75, 3.05) is 26.3 Å². The average molecular weight is 227 g/mol. The second-order valence-corrected chi connectivity index (χ2v) is 5.36. The van der Waals surface area contributed by atoms with E-state index >= 15 is 0 Å². The first-order chi connectivity index (χ1) is 7.79. The summed E-state index contributed by atoms with van der Waals surface area (Å²) < 4.78 is 11.3. The molecule has 0 saturated carbocycles. The van der Waals surface area contributed by atoms with Crippen LogP contribution in [0.15, 0.2) is 0 Å². The van der Waals surface area contributed by atoms with E-state index in [0.29, 0.717) is 6.10 Å². The van der Waals surface area contributed by atoms with Crippen LogP contribution in [0.5, 0.6) is 0 Å². The highest BCUT2D eigenvalue weighted by molar-refractivity contribution is 4.82. The van der Waals surface area contributed by atoms with Crippen molar-refractivity contribution in [3.63, 3.8) is 0 Å². The third-order valence-electron chi connectivity index (χ3n) is 3.70. The van der Waals surface area contributed by atoms with E-state index in [1.165, 1.54) is 38.5 Å². The van der Waals surface area contributed by atoms with E-state index < -0.39 is 0 Å². The van der Waals surface area contributed by atoms with E-state index in [9.17, 15) is 0 Å². The predicted molar refractivity (Wildman–Crippen MR) is 64.7 cm³/mol. The van der Waals surface area contributed by atoms with Gasteiger partial charge in [-0.05, 0) is 52.0 Å². The molecule has 2 fully saturated rings. The monoisotopic (exact) mass is 227 g/mol. The lowest BCUT2D eigenvalue weighted by Crippen LogP contribution is -2.37. The smallest absolute Gasteiger partial charge is 0.0779 e. The topological polar surface area (TPSA) is 30.5 Å². The fourth-order valence-corrected chi connectivity index (χ4v) is 2.66. The molecule has 0 aromatic heterocycles. The van der Waals surface area contributed by atoms with Crippen LogP contribution in [0.4, 0.5) is 0 Å². The van der Waals surface area contributed by atoms with Gasteiger partial charge in [-0.2, -0.15) is 0 Å². The van der Waals surface area contributed by atoms with Gasteiger partial charge in [-0.25, -0.2) is 0 Å². The molecule has 2 aliphatic heterocycles. The molecule has 3 nitrogen and oxygen atoms in total. The maximum atomic E-state index is 5.73. The van der Waals surface area contributed by atoms with Gasteiger partial charge in [0.15, 0.2) is 0 Å². The van der Waals surface area contributed by atoms with Gasteiger partial charge < -0.3 is 14.8 Å². The van der Waals surface area contributed by atoms with E-state index in [4.69, 9.17) is 9.47 Å². The Kier molecular flexibility index (Phi) is 4.62. The van der Waals surface area contributed by atoms with Crippen molar-refractivity contribution < 1.29 is 9.47 Å². The molecule has 0 bridgehead atoms. The molecule has 94 valence electrons. The lowest BCUT2D eigenvalue weighted by molar-refractivity contribution is 0.0207. The van der Waals surface area contributed by atoms with Crippen molar-refractivity contribution in [1.29, 1.82) is 0 Å². The van der Waals surface area contributed by atoms with Crippen LogP contribution in [0.3, 0.4) is 0 Å². The van der Waals surface area contributed by atoms with Gasteiger partial charge in [-0.3, -0.25) is 0 Å². The van der Waals surface area contributed by atoms with Gasteiger partial charge in [0.25, 0.3) is 0 Å². The van der Waals surface area contributed by atoms with Gasteiger partial charge in [-0.1, -0.05) is 0 Å². The quantitative estimate of drug-likeness (QED) is 0.705. The summed E-state index contributed by atoms with van der Waals surface area (Å²) in [7, 11) is 0. The van der Waals surface area contributed by atoms with Crippen LogP contribution in [-0.2, 0) is 9.47 Å². The van der Waals surface area contributed by atoms with Crippen molar-refractivity contribution in [3.05, 3.63) is 0 Å². The van der Waals surface area contributed by atoms with E-state index in [1.807, 2.05) is 0 Å². The number of hydrogen-bond acceptors (Lipinski definition) is 3. The normalized spacial score (nSPS) is 34.7. The number of hydrogen-bond donors (Lipinski definition) is 1. The molecule has 0 radical (unpaired) electrons. The van der Waals surface area contributed by atoms with Crippen LogP contribution >= 0.6 is 0 Å². The van der Waals surface area contributed by atoms with Crippen molar-refractivity contribution >= 4 is 0 Å². The minimum absolute atomic E-state index is 0.101. The molecular weight excluding hydrogens is 202 g/mol. The highest BCUT2D eigenvalue weighted by atomic mass is 16.5.